The second-order valence-electron chi connectivity index (χ2n) is 5.01. The molecule has 0 bridgehead atoms. The van der Waals surface area contributed by atoms with Crippen molar-refractivity contribution >= 4 is 0 Å². The van der Waals surface area contributed by atoms with Crippen LogP contribution in [0, 0.1) is 6.92 Å². The van der Waals surface area contributed by atoms with E-state index >= 15 is 0 Å². The first kappa shape index (κ1) is 15.5. The SMILES string of the molecule is COCCNCc1cccc(C)c1OCc1ccccc1. The maximum atomic E-state index is 6.04. The van der Waals surface area contributed by atoms with Gasteiger partial charge in [-0.25, -0.2) is 0 Å². The van der Waals surface area contributed by atoms with E-state index in [2.05, 4.69) is 42.6 Å². The van der Waals surface area contributed by atoms with Crippen molar-refractivity contribution in [1.82, 2.24) is 5.32 Å². The number of benzene rings is 2. The van der Waals surface area contributed by atoms with Crippen molar-refractivity contribution in [2.45, 2.75) is 20.1 Å². The smallest absolute Gasteiger partial charge is 0.127 e. The zero-order chi connectivity index (χ0) is 14.9. The Labute approximate surface area is 126 Å². The first-order valence-electron chi connectivity index (χ1n) is 7.26. The number of methoxy groups -OCH3 is 1. The number of rotatable bonds is 8. The number of ether oxygens (including phenoxy) is 2. The molecule has 0 atom stereocenters. The van der Waals surface area contributed by atoms with Gasteiger partial charge in [0.25, 0.3) is 0 Å². The summed E-state index contributed by atoms with van der Waals surface area (Å²) < 4.78 is 11.1. The average molecular weight is 285 g/mol. The highest BCUT2D eigenvalue weighted by Gasteiger charge is 2.07. The summed E-state index contributed by atoms with van der Waals surface area (Å²) in [5.41, 5.74) is 3.53. The van der Waals surface area contributed by atoms with E-state index in [0.29, 0.717) is 13.2 Å². The summed E-state index contributed by atoms with van der Waals surface area (Å²) in [7, 11) is 1.71. The summed E-state index contributed by atoms with van der Waals surface area (Å²) in [6.45, 7) is 5.01. The van der Waals surface area contributed by atoms with Crippen molar-refractivity contribution in [3.05, 3.63) is 65.2 Å². The van der Waals surface area contributed by atoms with E-state index in [1.807, 2.05) is 18.2 Å². The Balaban J connectivity index is 2.00. The summed E-state index contributed by atoms with van der Waals surface area (Å²) in [5, 5.41) is 3.36. The van der Waals surface area contributed by atoms with Crippen LogP contribution in [0.1, 0.15) is 16.7 Å². The second kappa shape index (κ2) is 8.45. The molecule has 21 heavy (non-hydrogen) atoms. The Bertz CT molecular complexity index is 540. The molecule has 3 nitrogen and oxygen atoms in total. The fraction of sp³-hybridized carbons (Fsp3) is 0.333. The fourth-order valence-electron chi connectivity index (χ4n) is 2.19. The molecule has 0 aliphatic rings. The first-order chi connectivity index (χ1) is 10.3. The Kier molecular flexibility index (Phi) is 6.25. The molecule has 3 heteroatoms. The van der Waals surface area contributed by atoms with Gasteiger partial charge in [0.05, 0.1) is 6.61 Å². The molecular weight excluding hydrogens is 262 g/mol. The van der Waals surface area contributed by atoms with E-state index < -0.39 is 0 Å². The lowest BCUT2D eigenvalue weighted by Gasteiger charge is -2.15. The third-order valence-corrected chi connectivity index (χ3v) is 3.32. The van der Waals surface area contributed by atoms with Crippen LogP contribution in [0.4, 0.5) is 0 Å². The van der Waals surface area contributed by atoms with Crippen LogP contribution in [-0.2, 0) is 17.9 Å². The van der Waals surface area contributed by atoms with Crippen LogP contribution >= 0.6 is 0 Å². The molecular formula is C18H23NO2. The zero-order valence-corrected chi connectivity index (χ0v) is 12.8. The van der Waals surface area contributed by atoms with Gasteiger partial charge >= 0.3 is 0 Å². The number of nitrogens with one attached hydrogen (secondary N) is 1. The van der Waals surface area contributed by atoms with Crippen molar-refractivity contribution in [2.75, 3.05) is 20.3 Å². The van der Waals surface area contributed by atoms with E-state index in [0.717, 1.165) is 24.4 Å². The quantitative estimate of drug-likeness (QED) is 0.755. The summed E-state index contributed by atoms with van der Waals surface area (Å²) in [5.74, 6) is 0.978. The molecule has 0 spiro atoms. The normalized spacial score (nSPS) is 10.6. The van der Waals surface area contributed by atoms with E-state index in [9.17, 15) is 0 Å². The Morgan fingerprint density at radius 2 is 1.81 bits per heavy atom. The molecule has 0 fully saturated rings. The van der Waals surface area contributed by atoms with Crippen LogP contribution in [0.2, 0.25) is 0 Å². The predicted molar refractivity (Wildman–Crippen MR) is 85.5 cm³/mol. The molecule has 1 N–H and O–H groups in total. The molecule has 0 saturated heterocycles. The lowest BCUT2D eigenvalue weighted by atomic mass is 10.1. The molecule has 0 heterocycles. The van der Waals surface area contributed by atoms with Gasteiger partial charge in [0, 0.05) is 25.8 Å². The van der Waals surface area contributed by atoms with E-state index in [4.69, 9.17) is 9.47 Å². The number of para-hydroxylation sites is 1. The fourth-order valence-corrected chi connectivity index (χ4v) is 2.19. The molecule has 0 aliphatic carbocycles. The zero-order valence-electron chi connectivity index (χ0n) is 12.8. The molecule has 0 unspecified atom stereocenters. The molecule has 2 aromatic carbocycles. The van der Waals surface area contributed by atoms with Gasteiger partial charge in [-0.2, -0.15) is 0 Å². The first-order valence-corrected chi connectivity index (χ1v) is 7.26. The van der Waals surface area contributed by atoms with Gasteiger partial charge < -0.3 is 14.8 Å². The molecule has 2 aromatic rings. The van der Waals surface area contributed by atoms with Crippen molar-refractivity contribution < 1.29 is 9.47 Å². The molecule has 0 aromatic heterocycles. The largest absolute Gasteiger partial charge is 0.488 e. The highest BCUT2D eigenvalue weighted by Crippen LogP contribution is 2.24. The third-order valence-electron chi connectivity index (χ3n) is 3.32. The predicted octanol–water partition coefficient (Wildman–Crippen LogP) is 3.31. The maximum Gasteiger partial charge on any atom is 0.127 e. The van der Waals surface area contributed by atoms with Crippen molar-refractivity contribution in [1.29, 1.82) is 0 Å². The van der Waals surface area contributed by atoms with Gasteiger partial charge in [0.2, 0.25) is 0 Å². The minimum Gasteiger partial charge on any atom is -0.488 e. The number of hydrogen-bond acceptors (Lipinski definition) is 3. The van der Waals surface area contributed by atoms with Crippen molar-refractivity contribution in [2.24, 2.45) is 0 Å². The topological polar surface area (TPSA) is 30.5 Å². The van der Waals surface area contributed by atoms with E-state index in [-0.39, 0.29) is 0 Å². The molecule has 0 saturated carbocycles. The van der Waals surface area contributed by atoms with E-state index in [1.165, 1.54) is 11.1 Å². The van der Waals surface area contributed by atoms with Crippen LogP contribution in [0.15, 0.2) is 48.5 Å². The second-order valence-corrected chi connectivity index (χ2v) is 5.01. The molecule has 112 valence electrons. The summed E-state index contributed by atoms with van der Waals surface area (Å²) in [4.78, 5) is 0. The molecule has 0 amide bonds. The standard InChI is InChI=1S/C18H23NO2/c1-15-7-6-10-17(13-19-11-12-20-2)18(15)21-14-16-8-4-3-5-9-16/h3-10,19H,11-14H2,1-2H3. The van der Waals surface area contributed by atoms with Gasteiger partial charge in [-0.05, 0) is 18.1 Å². The average Bonchev–Trinajstić information content (AvgIpc) is 2.52. The van der Waals surface area contributed by atoms with Crippen LogP contribution in [0.25, 0.3) is 0 Å². The minimum absolute atomic E-state index is 0.594. The lowest BCUT2D eigenvalue weighted by molar-refractivity contribution is 0.199. The Morgan fingerprint density at radius 1 is 1.00 bits per heavy atom. The van der Waals surface area contributed by atoms with Gasteiger partial charge in [-0.3, -0.25) is 0 Å². The summed E-state index contributed by atoms with van der Waals surface area (Å²) in [6.07, 6.45) is 0. The summed E-state index contributed by atoms with van der Waals surface area (Å²) in [6, 6.07) is 16.5. The van der Waals surface area contributed by atoms with Crippen molar-refractivity contribution in [3.63, 3.8) is 0 Å². The van der Waals surface area contributed by atoms with Crippen molar-refractivity contribution in [3.8, 4) is 5.75 Å². The van der Waals surface area contributed by atoms with Gasteiger partial charge in [-0.15, -0.1) is 0 Å². The highest BCUT2D eigenvalue weighted by atomic mass is 16.5. The van der Waals surface area contributed by atoms with Crippen LogP contribution in [-0.4, -0.2) is 20.3 Å². The number of aryl methyl sites for hydroxylation is 1. The monoisotopic (exact) mass is 285 g/mol. The van der Waals surface area contributed by atoms with Gasteiger partial charge in [0.1, 0.15) is 12.4 Å². The van der Waals surface area contributed by atoms with Gasteiger partial charge in [0.15, 0.2) is 0 Å². The molecule has 2 rings (SSSR count). The Morgan fingerprint density at radius 3 is 2.57 bits per heavy atom. The van der Waals surface area contributed by atoms with Gasteiger partial charge in [-0.1, -0.05) is 48.5 Å². The highest BCUT2D eigenvalue weighted by molar-refractivity contribution is 5.40. The van der Waals surface area contributed by atoms with Crippen LogP contribution in [0.3, 0.4) is 0 Å². The Hall–Kier alpha value is -1.84. The minimum atomic E-state index is 0.594. The van der Waals surface area contributed by atoms with E-state index in [1.54, 1.807) is 7.11 Å². The maximum absolute atomic E-state index is 6.04. The summed E-state index contributed by atoms with van der Waals surface area (Å²) >= 11 is 0. The third kappa shape index (κ3) is 4.88. The number of hydrogen-bond donors (Lipinski definition) is 1. The van der Waals surface area contributed by atoms with Crippen LogP contribution in [0.5, 0.6) is 5.75 Å². The van der Waals surface area contributed by atoms with Crippen LogP contribution < -0.4 is 10.1 Å². The molecule has 0 radical (unpaired) electrons. The lowest BCUT2D eigenvalue weighted by Crippen LogP contribution is -2.19. The molecule has 0 aliphatic heterocycles.